The fourth-order valence-electron chi connectivity index (χ4n) is 1.63. The van der Waals surface area contributed by atoms with E-state index in [-0.39, 0.29) is 16.8 Å². The van der Waals surface area contributed by atoms with Gasteiger partial charge in [-0.25, -0.2) is 13.1 Å². The smallest absolute Gasteiger partial charge is 0.253 e. The second-order valence-electron chi connectivity index (χ2n) is 4.74. The standard InChI is InChI=1S/C13H18N2O3S/c1-3-15(2)13(16)10-4-8-12(9-5-10)19(17,18)14-11-6-7-11/h4-5,8-9,11,14H,3,6-7H2,1-2H3. The van der Waals surface area contributed by atoms with Gasteiger partial charge in [-0.15, -0.1) is 0 Å². The molecule has 1 aliphatic rings. The minimum absolute atomic E-state index is 0.0810. The average Bonchev–Trinajstić information content (AvgIpc) is 3.20. The highest BCUT2D eigenvalue weighted by Gasteiger charge is 2.28. The van der Waals surface area contributed by atoms with Gasteiger partial charge in [-0.1, -0.05) is 0 Å². The van der Waals surface area contributed by atoms with E-state index in [2.05, 4.69) is 4.72 Å². The summed E-state index contributed by atoms with van der Waals surface area (Å²) in [6.45, 7) is 2.50. The minimum Gasteiger partial charge on any atom is -0.342 e. The van der Waals surface area contributed by atoms with Crippen LogP contribution in [0.5, 0.6) is 0 Å². The molecule has 2 rings (SSSR count). The first-order valence-corrected chi connectivity index (χ1v) is 7.80. The highest BCUT2D eigenvalue weighted by atomic mass is 32.2. The number of rotatable bonds is 5. The van der Waals surface area contributed by atoms with Crippen molar-refractivity contribution in [2.75, 3.05) is 13.6 Å². The van der Waals surface area contributed by atoms with Crippen LogP contribution in [0.3, 0.4) is 0 Å². The van der Waals surface area contributed by atoms with Crippen molar-refractivity contribution in [1.29, 1.82) is 0 Å². The van der Waals surface area contributed by atoms with Crippen molar-refractivity contribution in [1.82, 2.24) is 9.62 Å². The fourth-order valence-corrected chi connectivity index (χ4v) is 2.93. The minimum atomic E-state index is -3.44. The number of carbonyl (C=O) groups is 1. The monoisotopic (exact) mass is 282 g/mol. The summed E-state index contributed by atoms with van der Waals surface area (Å²) < 4.78 is 26.5. The van der Waals surface area contributed by atoms with Crippen LogP contribution >= 0.6 is 0 Å². The number of sulfonamides is 1. The predicted octanol–water partition coefficient (Wildman–Crippen LogP) is 1.22. The Kier molecular flexibility index (Phi) is 3.91. The zero-order valence-corrected chi connectivity index (χ0v) is 11.9. The van der Waals surface area contributed by atoms with Gasteiger partial charge < -0.3 is 4.90 Å². The summed E-state index contributed by atoms with van der Waals surface area (Å²) >= 11 is 0. The van der Waals surface area contributed by atoms with Gasteiger partial charge in [0.2, 0.25) is 10.0 Å². The van der Waals surface area contributed by atoms with E-state index in [0.717, 1.165) is 12.8 Å². The summed E-state index contributed by atoms with van der Waals surface area (Å²) in [4.78, 5) is 13.7. The van der Waals surface area contributed by atoms with Gasteiger partial charge in [0, 0.05) is 25.2 Å². The SMILES string of the molecule is CCN(C)C(=O)c1ccc(S(=O)(=O)NC2CC2)cc1. The molecule has 19 heavy (non-hydrogen) atoms. The largest absolute Gasteiger partial charge is 0.342 e. The molecule has 0 atom stereocenters. The molecule has 0 aliphatic heterocycles. The molecular weight excluding hydrogens is 264 g/mol. The zero-order chi connectivity index (χ0) is 14.0. The Bertz CT molecular complexity index is 562. The van der Waals surface area contributed by atoms with E-state index in [1.807, 2.05) is 6.92 Å². The van der Waals surface area contributed by atoms with E-state index in [0.29, 0.717) is 12.1 Å². The van der Waals surface area contributed by atoms with Crippen molar-refractivity contribution in [3.05, 3.63) is 29.8 Å². The van der Waals surface area contributed by atoms with Crippen LogP contribution in [0.25, 0.3) is 0 Å². The van der Waals surface area contributed by atoms with E-state index >= 15 is 0 Å². The molecule has 1 aromatic carbocycles. The predicted molar refractivity (Wildman–Crippen MR) is 72.4 cm³/mol. The molecule has 0 radical (unpaired) electrons. The summed E-state index contributed by atoms with van der Waals surface area (Å²) in [7, 11) is -1.73. The Balaban J connectivity index is 2.16. The molecule has 5 nitrogen and oxygen atoms in total. The number of hydrogen-bond acceptors (Lipinski definition) is 3. The third kappa shape index (κ3) is 3.33. The van der Waals surface area contributed by atoms with E-state index < -0.39 is 10.0 Å². The van der Waals surface area contributed by atoms with E-state index in [1.165, 1.54) is 12.1 Å². The van der Waals surface area contributed by atoms with Gasteiger partial charge >= 0.3 is 0 Å². The van der Waals surface area contributed by atoms with Crippen LogP contribution in [0.15, 0.2) is 29.2 Å². The van der Waals surface area contributed by atoms with Gasteiger partial charge in [0.25, 0.3) is 5.91 Å². The summed E-state index contributed by atoms with van der Waals surface area (Å²) in [5, 5.41) is 0. The van der Waals surface area contributed by atoms with Gasteiger partial charge in [0.1, 0.15) is 0 Å². The quantitative estimate of drug-likeness (QED) is 0.883. The van der Waals surface area contributed by atoms with Crippen LogP contribution in [0.2, 0.25) is 0 Å². The molecule has 0 unspecified atom stereocenters. The molecule has 1 amide bonds. The Labute approximate surface area is 113 Å². The van der Waals surface area contributed by atoms with Crippen molar-refractivity contribution in [2.24, 2.45) is 0 Å². The molecule has 1 N–H and O–H groups in total. The van der Waals surface area contributed by atoms with Gasteiger partial charge in [0.05, 0.1) is 4.90 Å². The van der Waals surface area contributed by atoms with E-state index in [4.69, 9.17) is 0 Å². The molecular formula is C13H18N2O3S. The molecule has 1 aliphatic carbocycles. The molecule has 1 fully saturated rings. The van der Waals surface area contributed by atoms with Gasteiger partial charge in [-0.2, -0.15) is 0 Å². The van der Waals surface area contributed by atoms with Crippen LogP contribution in [0, 0.1) is 0 Å². The maximum absolute atomic E-state index is 11.9. The normalized spacial score (nSPS) is 15.3. The van der Waals surface area contributed by atoms with Crippen molar-refractivity contribution in [2.45, 2.75) is 30.7 Å². The molecule has 0 aromatic heterocycles. The number of carbonyl (C=O) groups excluding carboxylic acids is 1. The fraction of sp³-hybridized carbons (Fsp3) is 0.462. The molecule has 1 saturated carbocycles. The lowest BCUT2D eigenvalue weighted by Gasteiger charge is -2.14. The lowest BCUT2D eigenvalue weighted by molar-refractivity contribution is 0.0802. The molecule has 0 bridgehead atoms. The van der Waals surface area contributed by atoms with Crippen molar-refractivity contribution >= 4 is 15.9 Å². The Morgan fingerprint density at radius 1 is 1.32 bits per heavy atom. The zero-order valence-electron chi connectivity index (χ0n) is 11.1. The molecule has 6 heteroatoms. The molecule has 104 valence electrons. The lowest BCUT2D eigenvalue weighted by Crippen LogP contribution is -2.27. The summed E-state index contributed by atoms with van der Waals surface area (Å²) in [6.07, 6.45) is 1.80. The molecule has 0 heterocycles. The average molecular weight is 282 g/mol. The summed E-state index contributed by atoms with van der Waals surface area (Å²) in [5.74, 6) is -0.110. The van der Waals surface area contributed by atoms with Gasteiger partial charge in [-0.05, 0) is 44.0 Å². The first kappa shape index (κ1) is 14.0. The maximum Gasteiger partial charge on any atom is 0.253 e. The van der Waals surface area contributed by atoms with Crippen LogP contribution in [0.4, 0.5) is 0 Å². The van der Waals surface area contributed by atoms with Gasteiger partial charge in [0.15, 0.2) is 0 Å². The van der Waals surface area contributed by atoms with E-state index in [1.54, 1.807) is 24.1 Å². The highest BCUT2D eigenvalue weighted by molar-refractivity contribution is 7.89. The van der Waals surface area contributed by atoms with Crippen molar-refractivity contribution < 1.29 is 13.2 Å². The summed E-state index contributed by atoms with van der Waals surface area (Å²) in [5.41, 5.74) is 0.495. The first-order chi connectivity index (χ1) is 8.94. The Hall–Kier alpha value is -1.40. The molecule has 0 saturated heterocycles. The van der Waals surface area contributed by atoms with Gasteiger partial charge in [-0.3, -0.25) is 4.79 Å². The summed E-state index contributed by atoms with van der Waals surface area (Å²) in [6, 6.07) is 6.13. The molecule has 0 spiro atoms. The molecule has 1 aromatic rings. The first-order valence-electron chi connectivity index (χ1n) is 6.32. The van der Waals surface area contributed by atoms with Crippen LogP contribution < -0.4 is 4.72 Å². The number of benzene rings is 1. The lowest BCUT2D eigenvalue weighted by atomic mass is 10.2. The second-order valence-corrected chi connectivity index (χ2v) is 6.45. The number of amides is 1. The highest BCUT2D eigenvalue weighted by Crippen LogP contribution is 2.22. The maximum atomic E-state index is 11.9. The topological polar surface area (TPSA) is 66.5 Å². The van der Waals surface area contributed by atoms with Crippen molar-refractivity contribution in [3.8, 4) is 0 Å². The Morgan fingerprint density at radius 3 is 2.37 bits per heavy atom. The third-order valence-corrected chi connectivity index (χ3v) is 4.67. The van der Waals surface area contributed by atoms with E-state index in [9.17, 15) is 13.2 Å². The second kappa shape index (κ2) is 5.30. The van der Waals surface area contributed by atoms with Crippen LogP contribution in [-0.4, -0.2) is 38.9 Å². The number of hydrogen-bond donors (Lipinski definition) is 1. The van der Waals surface area contributed by atoms with Crippen LogP contribution in [0.1, 0.15) is 30.1 Å². The number of nitrogens with one attached hydrogen (secondary N) is 1. The third-order valence-electron chi connectivity index (χ3n) is 3.13. The number of nitrogens with zero attached hydrogens (tertiary/aromatic N) is 1. The van der Waals surface area contributed by atoms with Crippen LogP contribution in [-0.2, 0) is 10.0 Å². The van der Waals surface area contributed by atoms with Crippen molar-refractivity contribution in [3.63, 3.8) is 0 Å². The Morgan fingerprint density at radius 2 is 1.89 bits per heavy atom.